The molecule has 0 unspecified atom stereocenters. The van der Waals surface area contributed by atoms with Crippen LogP contribution in [0.3, 0.4) is 0 Å². The van der Waals surface area contributed by atoms with Gasteiger partial charge >= 0.3 is 17.8 Å². The monoisotopic (exact) mass is 243 g/mol. The zero-order valence-corrected chi connectivity index (χ0v) is 10.2. The SMILES string of the molecule is CC(C)(C)OC(=O)C(=O)N1CC[C@@H](C(=O)O)C1. The van der Waals surface area contributed by atoms with E-state index in [-0.39, 0.29) is 13.1 Å². The molecule has 0 aromatic rings. The van der Waals surface area contributed by atoms with E-state index >= 15 is 0 Å². The second-order valence-corrected chi connectivity index (χ2v) is 5.08. The zero-order chi connectivity index (χ0) is 13.2. The Bertz CT molecular complexity index is 344. The molecule has 6 nitrogen and oxygen atoms in total. The first-order valence-corrected chi connectivity index (χ1v) is 5.46. The molecule has 6 heteroatoms. The van der Waals surface area contributed by atoms with Crippen molar-refractivity contribution < 1.29 is 24.2 Å². The number of nitrogens with zero attached hydrogens (tertiary/aromatic N) is 1. The van der Waals surface area contributed by atoms with Crippen molar-refractivity contribution in [1.29, 1.82) is 0 Å². The molecular formula is C11H17NO5. The van der Waals surface area contributed by atoms with Gasteiger partial charge in [0.05, 0.1) is 5.92 Å². The number of carbonyl (C=O) groups is 3. The van der Waals surface area contributed by atoms with E-state index in [0.29, 0.717) is 6.42 Å². The Morgan fingerprint density at radius 1 is 1.29 bits per heavy atom. The minimum absolute atomic E-state index is 0.0768. The number of aliphatic carboxylic acids is 1. The number of carboxylic acids is 1. The molecule has 1 aliphatic heterocycles. The zero-order valence-electron chi connectivity index (χ0n) is 10.2. The maximum Gasteiger partial charge on any atom is 0.397 e. The maximum atomic E-state index is 11.6. The molecule has 0 bridgehead atoms. The Hall–Kier alpha value is -1.59. The van der Waals surface area contributed by atoms with Crippen LogP contribution in [0.4, 0.5) is 0 Å². The number of carbonyl (C=O) groups excluding carboxylic acids is 2. The standard InChI is InChI=1S/C11H17NO5/c1-11(2,3)17-10(16)8(13)12-5-4-7(6-12)9(14)15/h7H,4-6H2,1-3H3,(H,14,15)/t7-/m1/s1. The minimum Gasteiger partial charge on any atom is -0.481 e. The molecule has 1 saturated heterocycles. The summed E-state index contributed by atoms with van der Waals surface area (Å²) in [6.07, 6.45) is 0.379. The number of ether oxygens (including phenoxy) is 1. The molecule has 1 rings (SSSR count). The van der Waals surface area contributed by atoms with Crippen molar-refractivity contribution in [3.63, 3.8) is 0 Å². The summed E-state index contributed by atoms with van der Waals surface area (Å²) in [5, 5.41) is 8.78. The molecule has 1 fully saturated rings. The summed E-state index contributed by atoms with van der Waals surface area (Å²) in [6, 6.07) is 0. The van der Waals surface area contributed by atoms with Crippen LogP contribution in [-0.2, 0) is 19.1 Å². The Morgan fingerprint density at radius 3 is 2.29 bits per heavy atom. The van der Waals surface area contributed by atoms with Crippen LogP contribution in [0, 0.1) is 5.92 Å². The van der Waals surface area contributed by atoms with Crippen molar-refractivity contribution in [1.82, 2.24) is 4.90 Å². The highest BCUT2D eigenvalue weighted by Gasteiger charge is 2.35. The van der Waals surface area contributed by atoms with E-state index in [4.69, 9.17) is 9.84 Å². The molecule has 0 aromatic carbocycles. The van der Waals surface area contributed by atoms with E-state index in [9.17, 15) is 14.4 Å². The topological polar surface area (TPSA) is 83.9 Å². The number of carboxylic acid groups (broad SMARTS) is 1. The smallest absolute Gasteiger partial charge is 0.397 e. The fraction of sp³-hybridized carbons (Fsp3) is 0.727. The van der Waals surface area contributed by atoms with Gasteiger partial charge in [0, 0.05) is 13.1 Å². The van der Waals surface area contributed by atoms with Crippen LogP contribution in [0.1, 0.15) is 27.2 Å². The van der Waals surface area contributed by atoms with E-state index in [1.807, 2.05) is 0 Å². The fourth-order valence-electron chi connectivity index (χ4n) is 1.60. The highest BCUT2D eigenvalue weighted by atomic mass is 16.6. The van der Waals surface area contributed by atoms with Crippen LogP contribution in [0.15, 0.2) is 0 Å². The Kier molecular flexibility index (Phi) is 3.75. The van der Waals surface area contributed by atoms with E-state index in [0.717, 1.165) is 0 Å². The third-order valence-electron chi connectivity index (χ3n) is 2.40. The van der Waals surface area contributed by atoms with Crippen LogP contribution in [0.2, 0.25) is 0 Å². The first-order chi connectivity index (χ1) is 7.70. The van der Waals surface area contributed by atoms with Crippen molar-refractivity contribution in [3.05, 3.63) is 0 Å². The molecule has 1 amide bonds. The van der Waals surface area contributed by atoms with Gasteiger partial charge in [0.2, 0.25) is 0 Å². The summed E-state index contributed by atoms with van der Waals surface area (Å²) < 4.78 is 4.93. The lowest BCUT2D eigenvalue weighted by Gasteiger charge is -2.21. The van der Waals surface area contributed by atoms with Crippen LogP contribution in [-0.4, -0.2) is 46.5 Å². The summed E-state index contributed by atoms with van der Waals surface area (Å²) in [4.78, 5) is 35.1. The van der Waals surface area contributed by atoms with Gasteiger partial charge in [0.15, 0.2) is 0 Å². The first-order valence-electron chi connectivity index (χ1n) is 5.46. The molecule has 17 heavy (non-hydrogen) atoms. The van der Waals surface area contributed by atoms with Gasteiger partial charge < -0.3 is 14.7 Å². The number of likely N-dealkylation sites (tertiary alicyclic amines) is 1. The van der Waals surface area contributed by atoms with Crippen molar-refractivity contribution in [2.24, 2.45) is 5.92 Å². The Labute approximate surface area is 99.5 Å². The average Bonchev–Trinajstić information content (AvgIpc) is 2.62. The quantitative estimate of drug-likeness (QED) is 0.527. The third-order valence-corrected chi connectivity index (χ3v) is 2.40. The molecule has 1 heterocycles. The lowest BCUT2D eigenvalue weighted by Crippen LogP contribution is -2.39. The molecule has 0 radical (unpaired) electrons. The van der Waals surface area contributed by atoms with E-state index in [1.54, 1.807) is 20.8 Å². The van der Waals surface area contributed by atoms with E-state index < -0.39 is 29.4 Å². The van der Waals surface area contributed by atoms with E-state index in [2.05, 4.69) is 0 Å². The number of hydrogen-bond acceptors (Lipinski definition) is 4. The van der Waals surface area contributed by atoms with E-state index in [1.165, 1.54) is 4.90 Å². The molecule has 0 aliphatic carbocycles. The van der Waals surface area contributed by atoms with Crippen LogP contribution >= 0.6 is 0 Å². The van der Waals surface area contributed by atoms with Crippen molar-refractivity contribution in [2.45, 2.75) is 32.8 Å². The van der Waals surface area contributed by atoms with Gasteiger partial charge in [0.25, 0.3) is 0 Å². The van der Waals surface area contributed by atoms with Crippen LogP contribution in [0.25, 0.3) is 0 Å². The van der Waals surface area contributed by atoms with Gasteiger partial charge in [-0.2, -0.15) is 0 Å². The second kappa shape index (κ2) is 4.73. The largest absolute Gasteiger partial charge is 0.481 e. The number of hydrogen-bond donors (Lipinski definition) is 1. The van der Waals surface area contributed by atoms with Gasteiger partial charge in [-0.1, -0.05) is 0 Å². The number of esters is 1. The first kappa shape index (κ1) is 13.5. The molecule has 1 atom stereocenters. The Balaban J connectivity index is 2.55. The minimum atomic E-state index is -0.940. The summed E-state index contributed by atoms with van der Waals surface area (Å²) in [5.41, 5.74) is -0.724. The highest BCUT2D eigenvalue weighted by Crippen LogP contribution is 2.17. The normalized spacial score (nSPS) is 20.2. The van der Waals surface area contributed by atoms with Crippen LogP contribution < -0.4 is 0 Å². The van der Waals surface area contributed by atoms with Gasteiger partial charge in [-0.25, -0.2) is 4.79 Å². The summed E-state index contributed by atoms with van der Waals surface area (Å²) >= 11 is 0. The van der Waals surface area contributed by atoms with Crippen molar-refractivity contribution in [2.75, 3.05) is 13.1 Å². The predicted molar refractivity (Wildman–Crippen MR) is 58.2 cm³/mol. The number of amides is 1. The fourth-order valence-corrected chi connectivity index (χ4v) is 1.60. The molecule has 0 saturated carbocycles. The molecule has 0 aromatic heterocycles. The summed E-state index contributed by atoms with van der Waals surface area (Å²) in [6.45, 7) is 5.37. The third kappa shape index (κ3) is 3.72. The average molecular weight is 243 g/mol. The molecule has 96 valence electrons. The van der Waals surface area contributed by atoms with Crippen molar-refractivity contribution >= 4 is 17.8 Å². The Morgan fingerprint density at radius 2 is 1.88 bits per heavy atom. The summed E-state index contributed by atoms with van der Waals surface area (Å²) in [7, 11) is 0. The lowest BCUT2D eigenvalue weighted by molar-refractivity contribution is -0.167. The maximum absolute atomic E-state index is 11.6. The van der Waals surface area contributed by atoms with Crippen LogP contribution in [0.5, 0.6) is 0 Å². The second-order valence-electron chi connectivity index (χ2n) is 5.08. The number of rotatable bonds is 1. The molecular weight excluding hydrogens is 226 g/mol. The molecule has 1 N–H and O–H groups in total. The molecule has 0 spiro atoms. The molecule has 1 aliphatic rings. The van der Waals surface area contributed by atoms with Gasteiger partial charge in [-0.3, -0.25) is 9.59 Å². The summed E-state index contributed by atoms with van der Waals surface area (Å²) in [5.74, 6) is -3.21. The van der Waals surface area contributed by atoms with Gasteiger partial charge in [-0.05, 0) is 27.2 Å². The highest BCUT2D eigenvalue weighted by molar-refractivity contribution is 6.32. The van der Waals surface area contributed by atoms with Gasteiger partial charge in [-0.15, -0.1) is 0 Å². The predicted octanol–water partition coefficient (Wildman–Crippen LogP) is 0.261. The lowest BCUT2D eigenvalue weighted by atomic mass is 10.1. The van der Waals surface area contributed by atoms with Gasteiger partial charge in [0.1, 0.15) is 5.60 Å². The van der Waals surface area contributed by atoms with Crippen molar-refractivity contribution in [3.8, 4) is 0 Å².